The van der Waals surface area contributed by atoms with Crippen LogP contribution in [0.4, 0.5) is 13.2 Å². The standard InChI is InChI=1S/C31H22F3NO2/c1-20-8-2-3-10-23(20)19-37-24-12-6-11-21(16-24)29-26-14-7-15-28(31(32,33)34)30(26)35-17-27(29)25-13-5-4-9-22(25)18-36/h2-18H,19H2,1H3. The van der Waals surface area contributed by atoms with Gasteiger partial charge in [0.25, 0.3) is 0 Å². The van der Waals surface area contributed by atoms with E-state index in [4.69, 9.17) is 4.74 Å². The fourth-order valence-corrected chi connectivity index (χ4v) is 4.49. The summed E-state index contributed by atoms with van der Waals surface area (Å²) in [6.07, 6.45) is -2.42. The first-order chi connectivity index (χ1) is 17.9. The Labute approximate surface area is 212 Å². The maximum absolute atomic E-state index is 13.8. The van der Waals surface area contributed by atoms with Crippen molar-refractivity contribution in [1.82, 2.24) is 4.98 Å². The Hall–Kier alpha value is -4.45. The Morgan fingerprint density at radius 3 is 2.41 bits per heavy atom. The van der Waals surface area contributed by atoms with Crippen LogP contribution in [0.15, 0.2) is 97.2 Å². The molecule has 1 aromatic heterocycles. The summed E-state index contributed by atoms with van der Waals surface area (Å²) in [6.45, 7) is 2.36. The Morgan fingerprint density at radius 2 is 1.62 bits per heavy atom. The number of hydrogen-bond donors (Lipinski definition) is 0. The number of halogens is 3. The molecule has 0 aliphatic heterocycles. The average molecular weight is 498 g/mol. The van der Waals surface area contributed by atoms with Gasteiger partial charge in [0.15, 0.2) is 6.29 Å². The van der Waals surface area contributed by atoms with E-state index in [0.29, 0.717) is 45.6 Å². The van der Waals surface area contributed by atoms with E-state index in [2.05, 4.69) is 4.98 Å². The summed E-state index contributed by atoms with van der Waals surface area (Å²) in [6, 6.07) is 26.1. The van der Waals surface area contributed by atoms with Crippen LogP contribution in [0.1, 0.15) is 27.0 Å². The molecule has 184 valence electrons. The van der Waals surface area contributed by atoms with Gasteiger partial charge >= 0.3 is 6.18 Å². The monoisotopic (exact) mass is 497 g/mol. The largest absolute Gasteiger partial charge is 0.489 e. The molecule has 1 heterocycles. The first-order valence-electron chi connectivity index (χ1n) is 11.7. The third kappa shape index (κ3) is 4.83. The number of alkyl halides is 3. The lowest BCUT2D eigenvalue weighted by Crippen LogP contribution is -2.07. The van der Waals surface area contributed by atoms with Crippen LogP contribution in [-0.2, 0) is 12.8 Å². The molecule has 0 fully saturated rings. The van der Waals surface area contributed by atoms with E-state index in [9.17, 15) is 18.0 Å². The third-order valence-electron chi connectivity index (χ3n) is 6.36. The number of nitrogens with zero attached hydrogens (tertiary/aromatic N) is 1. The van der Waals surface area contributed by atoms with E-state index in [1.54, 1.807) is 42.5 Å². The van der Waals surface area contributed by atoms with Gasteiger partial charge in [0.05, 0.1) is 11.1 Å². The SMILES string of the molecule is Cc1ccccc1COc1cccc(-c2c(-c3ccccc3C=O)cnc3c(C(F)(F)F)cccc23)c1. The number of aryl methyl sites for hydroxylation is 1. The van der Waals surface area contributed by atoms with Crippen molar-refractivity contribution in [2.75, 3.05) is 0 Å². The summed E-state index contributed by atoms with van der Waals surface area (Å²) < 4.78 is 47.6. The molecule has 5 aromatic rings. The van der Waals surface area contributed by atoms with Crippen LogP contribution in [0.5, 0.6) is 5.75 Å². The van der Waals surface area contributed by atoms with Crippen LogP contribution in [0.3, 0.4) is 0 Å². The van der Waals surface area contributed by atoms with Crippen LogP contribution >= 0.6 is 0 Å². The van der Waals surface area contributed by atoms with E-state index in [1.807, 2.05) is 43.3 Å². The van der Waals surface area contributed by atoms with Crippen LogP contribution in [0.2, 0.25) is 0 Å². The van der Waals surface area contributed by atoms with Gasteiger partial charge < -0.3 is 4.74 Å². The molecule has 3 nitrogen and oxygen atoms in total. The molecule has 0 spiro atoms. The minimum Gasteiger partial charge on any atom is -0.489 e. The molecular weight excluding hydrogens is 475 g/mol. The van der Waals surface area contributed by atoms with Gasteiger partial charge in [-0.15, -0.1) is 0 Å². The van der Waals surface area contributed by atoms with Crippen LogP contribution < -0.4 is 4.74 Å². The first kappa shape index (κ1) is 24.3. The number of benzene rings is 4. The highest BCUT2D eigenvalue weighted by molar-refractivity contribution is 6.05. The highest BCUT2D eigenvalue weighted by Crippen LogP contribution is 2.42. The number of ether oxygens (including phenoxy) is 1. The van der Waals surface area contributed by atoms with Crippen molar-refractivity contribution in [3.8, 4) is 28.0 Å². The summed E-state index contributed by atoms with van der Waals surface area (Å²) in [5.41, 5.74) is 3.96. The van der Waals surface area contributed by atoms with E-state index >= 15 is 0 Å². The molecule has 37 heavy (non-hydrogen) atoms. The molecule has 0 radical (unpaired) electrons. The van der Waals surface area contributed by atoms with E-state index < -0.39 is 11.7 Å². The van der Waals surface area contributed by atoms with Crippen molar-refractivity contribution in [1.29, 1.82) is 0 Å². The van der Waals surface area contributed by atoms with Crippen molar-refractivity contribution in [2.45, 2.75) is 19.7 Å². The summed E-state index contributed by atoms with van der Waals surface area (Å²) in [7, 11) is 0. The Bertz CT molecular complexity index is 1610. The molecule has 0 aliphatic carbocycles. The topological polar surface area (TPSA) is 39.2 Å². The molecule has 0 bridgehead atoms. The second-order valence-corrected chi connectivity index (χ2v) is 8.69. The number of aldehydes is 1. The van der Waals surface area contributed by atoms with Gasteiger partial charge in [-0.1, -0.05) is 72.8 Å². The fraction of sp³-hybridized carbons (Fsp3) is 0.0968. The van der Waals surface area contributed by atoms with Crippen molar-refractivity contribution in [3.63, 3.8) is 0 Å². The van der Waals surface area contributed by atoms with Crippen molar-refractivity contribution in [3.05, 3.63) is 119 Å². The molecule has 0 saturated carbocycles. The number of fused-ring (bicyclic) bond motifs is 1. The van der Waals surface area contributed by atoms with E-state index in [1.165, 1.54) is 12.3 Å². The maximum Gasteiger partial charge on any atom is 0.418 e. The van der Waals surface area contributed by atoms with Gasteiger partial charge in [0, 0.05) is 28.3 Å². The fourth-order valence-electron chi connectivity index (χ4n) is 4.49. The van der Waals surface area contributed by atoms with Crippen LogP contribution in [0.25, 0.3) is 33.2 Å². The van der Waals surface area contributed by atoms with Crippen LogP contribution in [0, 0.1) is 6.92 Å². The lowest BCUT2D eigenvalue weighted by molar-refractivity contribution is -0.136. The minimum atomic E-state index is -4.56. The van der Waals surface area contributed by atoms with Gasteiger partial charge in [0.2, 0.25) is 0 Å². The second kappa shape index (κ2) is 9.90. The maximum atomic E-state index is 13.8. The number of hydrogen-bond acceptors (Lipinski definition) is 3. The predicted octanol–water partition coefficient (Wildman–Crippen LogP) is 8.29. The van der Waals surface area contributed by atoms with Crippen molar-refractivity contribution < 1.29 is 22.7 Å². The summed E-state index contributed by atoms with van der Waals surface area (Å²) in [5.74, 6) is 0.576. The molecule has 0 aliphatic rings. The first-order valence-corrected chi connectivity index (χ1v) is 11.7. The quantitative estimate of drug-likeness (QED) is 0.222. The van der Waals surface area contributed by atoms with Gasteiger partial charge in [-0.25, -0.2) is 0 Å². The molecule has 0 atom stereocenters. The lowest BCUT2D eigenvalue weighted by Gasteiger charge is -2.18. The Kier molecular flexibility index (Phi) is 6.49. The third-order valence-corrected chi connectivity index (χ3v) is 6.36. The highest BCUT2D eigenvalue weighted by atomic mass is 19.4. The molecular formula is C31H22F3NO2. The summed E-state index contributed by atoms with van der Waals surface area (Å²) in [5, 5.41) is 0.337. The zero-order chi connectivity index (χ0) is 26.0. The minimum absolute atomic E-state index is 0.149. The number of carbonyl (C=O) groups is 1. The van der Waals surface area contributed by atoms with Crippen molar-refractivity contribution in [2.24, 2.45) is 0 Å². The Balaban J connectivity index is 1.70. The normalized spacial score (nSPS) is 11.5. The van der Waals surface area contributed by atoms with Gasteiger partial charge in [-0.05, 0) is 47.4 Å². The summed E-state index contributed by atoms with van der Waals surface area (Å²) >= 11 is 0. The zero-order valence-corrected chi connectivity index (χ0v) is 19.9. The number of rotatable bonds is 6. The highest BCUT2D eigenvalue weighted by Gasteiger charge is 2.34. The zero-order valence-electron chi connectivity index (χ0n) is 19.9. The van der Waals surface area contributed by atoms with E-state index in [0.717, 1.165) is 23.5 Å². The molecule has 0 saturated heterocycles. The smallest absolute Gasteiger partial charge is 0.418 e. The molecule has 6 heteroatoms. The number of pyridine rings is 1. The number of para-hydroxylation sites is 1. The summed E-state index contributed by atoms with van der Waals surface area (Å²) in [4.78, 5) is 16.0. The van der Waals surface area contributed by atoms with Gasteiger partial charge in [-0.3, -0.25) is 9.78 Å². The predicted molar refractivity (Wildman–Crippen MR) is 139 cm³/mol. The number of aromatic nitrogens is 1. The Morgan fingerprint density at radius 1 is 0.865 bits per heavy atom. The molecule has 0 unspecified atom stereocenters. The molecule has 0 N–H and O–H groups in total. The second-order valence-electron chi connectivity index (χ2n) is 8.69. The van der Waals surface area contributed by atoms with E-state index in [-0.39, 0.29) is 5.52 Å². The van der Waals surface area contributed by atoms with Crippen molar-refractivity contribution >= 4 is 17.2 Å². The van der Waals surface area contributed by atoms with Gasteiger partial charge in [-0.2, -0.15) is 13.2 Å². The average Bonchev–Trinajstić information content (AvgIpc) is 2.91. The molecule has 0 amide bonds. The number of carbonyl (C=O) groups excluding carboxylic acids is 1. The lowest BCUT2D eigenvalue weighted by atomic mass is 9.90. The van der Waals surface area contributed by atoms with Crippen LogP contribution in [-0.4, -0.2) is 11.3 Å². The molecule has 4 aromatic carbocycles. The molecule has 5 rings (SSSR count). The van der Waals surface area contributed by atoms with Gasteiger partial charge in [0.1, 0.15) is 12.4 Å².